The Morgan fingerprint density at radius 2 is 2.04 bits per heavy atom. The average molecular weight is 353 g/mol. The number of ether oxygens (including phenoxy) is 1. The first-order valence-corrected chi connectivity index (χ1v) is 8.20. The summed E-state index contributed by atoms with van der Waals surface area (Å²) in [7, 11) is 0. The molecule has 0 radical (unpaired) electrons. The zero-order chi connectivity index (χ0) is 18.8. The molecule has 7 heteroatoms. The van der Waals surface area contributed by atoms with Gasteiger partial charge in [-0.05, 0) is 56.7 Å². The van der Waals surface area contributed by atoms with Crippen LogP contribution in [-0.2, 0) is 9.59 Å². The number of aromatic nitrogens is 1. The van der Waals surface area contributed by atoms with E-state index in [2.05, 4.69) is 10.3 Å². The number of carbonyl (C=O) groups excluding carboxylic acids is 3. The number of hydrogen-bond acceptors (Lipinski definition) is 5. The molecule has 0 spiro atoms. The van der Waals surface area contributed by atoms with Gasteiger partial charge in [0.25, 0.3) is 5.91 Å². The number of ketones is 1. The summed E-state index contributed by atoms with van der Waals surface area (Å²) in [5.74, 6) is 0.0209. The minimum atomic E-state index is -0.712. The molecule has 2 heterocycles. The number of benzene rings is 1. The van der Waals surface area contributed by atoms with E-state index in [0.29, 0.717) is 22.8 Å². The number of hydrogen-bond donors (Lipinski definition) is 1. The number of anilines is 2. The van der Waals surface area contributed by atoms with Crippen LogP contribution in [0.25, 0.3) is 0 Å². The Kier molecular flexibility index (Phi) is 4.71. The molecule has 1 aromatic carbocycles. The van der Waals surface area contributed by atoms with Crippen LogP contribution in [0.2, 0.25) is 0 Å². The van der Waals surface area contributed by atoms with Crippen molar-refractivity contribution in [3.05, 3.63) is 47.7 Å². The van der Waals surface area contributed by atoms with Crippen LogP contribution in [0.4, 0.5) is 11.5 Å². The zero-order valence-electron chi connectivity index (χ0n) is 14.8. The molecular weight excluding hydrogens is 334 g/mol. The predicted molar refractivity (Wildman–Crippen MR) is 96.5 cm³/mol. The lowest BCUT2D eigenvalue weighted by Crippen LogP contribution is -2.47. The highest BCUT2D eigenvalue weighted by Gasteiger charge is 2.33. The minimum absolute atomic E-state index is 0.132. The number of nitrogens with one attached hydrogen (secondary N) is 1. The summed E-state index contributed by atoms with van der Waals surface area (Å²) in [4.78, 5) is 42.0. The van der Waals surface area contributed by atoms with Gasteiger partial charge in [0.15, 0.2) is 11.9 Å². The molecule has 0 bridgehead atoms. The largest absolute Gasteiger partial charge is 0.479 e. The minimum Gasteiger partial charge on any atom is -0.479 e. The fourth-order valence-electron chi connectivity index (χ4n) is 2.72. The van der Waals surface area contributed by atoms with Crippen molar-refractivity contribution in [2.45, 2.75) is 26.9 Å². The fourth-order valence-corrected chi connectivity index (χ4v) is 2.72. The van der Waals surface area contributed by atoms with Gasteiger partial charge in [0.1, 0.15) is 18.1 Å². The van der Waals surface area contributed by atoms with Crippen LogP contribution in [0.3, 0.4) is 0 Å². The molecule has 1 N–H and O–H groups in total. The Labute approximate surface area is 151 Å². The average Bonchev–Trinajstić information content (AvgIpc) is 2.58. The van der Waals surface area contributed by atoms with Gasteiger partial charge in [-0.2, -0.15) is 0 Å². The van der Waals surface area contributed by atoms with Gasteiger partial charge in [-0.15, -0.1) is 0 Å². The lowest BCUT2D eigenvalue weighted by atomic mass is 10.1. The maximum absolute atomic E-state index is 12.5. The van der Waals surface area contributed by atoms with Crippen molar-refractivity contribution in [1.29, 1.82) is 0 Å². The number of amides is 2. The molecule has 1 aliphatic heterocycles. The maximum atomic E-state index is 12.5. The number of carbonyl (C=O) groups is 3. The summed E-state index contributed by atoms with van der Waals surface area (Å²) in [6.45, 7) is 4.76. The van der Waals surface area contributed by atoms with E-state index in [-0.39, 0.29) is 24.1 Å². The number of fused-ring (bicyclic) bond motifs is 1. The molecule has 1 unspecified atom stereocenters. The van der Waals surface area contributed by atoms with E-state index < -0.39 is 6.10 Å². The smallest absolute Gasteiger partial charge is 0.268 e. The van der Waals surface area contributed by atoms with E-state index in [1.165, 1.54) is 11.8 Å². The van der Waals surface area contributed by atoms with Crippen molar-refractivity contribution in [3.8, 4) is 5.75 Å². The molecule has 0 saturated carbocycles. The Hall–Kier alpha value is -3.22. The molecule has 0 saturated heterocycles. The second-order valence-corrected chi connectivity index (χ2v) is 6.19. The Morgan fingerprint density at radius 3 is 2.73 bits per heavy atom. The fraction of sp³-hybridized carbons (Fsp3) is 0.263. The second kappa shape index (κ2) is 6.95. The Morgan fingerprint density at radius 1 is 1.27 bits per heavy atom. The predicted octanol–water partition coefficient (Wildman–Crippen LogP) is 2.35. The van der Waals surface area contributed by atoms with Crippen LogP contribution in [-0.4, -0.2) is 35.2 Å². The number of rotatable bonds is 4. The molecular formula is C19H19N3O4. The van der Waals surface area contributed by atoms with Crippen LogP contribution in [0.15, 0.2) is 36.5 Å². The van der Waals surface area contributed by atoms with E-state index in [9.17, 15) is 14.4 Å². The summed E-state index contributed by atoms with van der Waals surface area (Å²) in [6, 6.07) is 8.41. The van der Waals surface area contributed by atoms with E-state index in [0.717, 1.165) is 5.56 Å². The Balaban J connectivity index is 1.86. The monoisotopic (exact) mass is 353 g/mol. The first kappa shape index (κ1) is 17.6. The summed E-state index contributed by atoms with van der Waals surface area (Å²) < 4.78 is 5.58. The summed E-state index contributed by atoms with van der Waals surface area (Å²) >= 11 is 0. The molecule has 2 amide bonds. The molecule has 0 fully saturated rings. The second-order valence-electron chi connectivity index (χ2n) is 6.19. The highest BCUT2D eigenvalue weighted by Crippen LogP contribution is 2.35. The molecule has 1 aliphatic rings. The quantitative estimate of drug-likeness (QED) is 0.853. The highest BCUT2D eigenvalue weighted by atomic mass is 16.5. The lowest BCUT2D eigenvalue weighted by molar-refractivity contribution is -0.127. The van der Waals surface area contributed by atoms with Gasteiger partial charge < -0.3 is 10.1 Å². The molecule has 3 rings (SSSR count). The maximum Gasteiger partial charge on any atom is 0.268 e. The molecule has 1 atom stereocenters. The van der Waals surface area contributed by atoms with Crippen LogP contribution >= 0.6 is 0 Å². The van der Waals surface area contributed by atoms with E-state index >= 15 is 0 Å². The number of nitrogens with zero attached hydrogens (tertiary/aromatic N) is 2. The summed E-state index contributed by atoms with van der Waals surface area (Å²) in [6.07, 6.45) is 0.886. The third-order valence-electron chi connectivity index (χ3n) is 4.06. The van der Waals surface area contributed by atoms with Crippen LogP contribution in [0, 0.1) is 6.92 Å². The van der Waals surface area contributed by atoms with Gasteiger partial charge in [0, 0.05) is 11.8 Å². The van der Waals surface area contributed by atoms with E-state index in [1.54, 1.807) is 37.4 Å². The normalized spacial score (nSPS) is 15.9. The van der Waals surface area contributed by atoms with Gasteiger partial charge in [-0.25, -0.2) is 4.98 Å². The summed E-state index contributed by atoms with van der Waals surface area (Å²) in [5.41, 5.74) is 1.82. The van der Waals surface area contributed by atoms with Crippen LogP contribution in [0.1, 0.15) is 29.8 Å². The van der Waals surface area contributed by atoms with Gasteiger partial charge in [-0.1, -0.05) is 0 Å². The van der Waals surface area contributed by atoms with Crippen LogP contribution in [0.5, 0.6) is 5.75 Å². The van der Waals surface area contributed by atoms with E-state index in [4.69, 9.17) is 4.74 Å². The van der Waals surface area contributed by atoms with Crippen molar-refractivity contribution in [3.63, 3.8) is 0 Å². The third-order valence-corrected chi connectivity index (χ3v) is 4.06. The van der Waals surface area contributed by atoms with Crippen molar-refractivity contribution in [2.75, 3.05) is 16.8 Å². The van der Waals surface area contributed by atoms with Gasteiger partial charge in [0.2, 0.25) is 5.91 Å². The molecule has 1 aromatic heterocycles. The van der Waals surface area contributed by atoms with Crippen molar-refractivity contribution in [1.82, 2.24) is 4.98 Å². The van der Waals surface area contributed by atoms with Gasteiger partial charge >= 0.3 is 0 Å². The van der Waals surface area contributed by atoms with Gasteiger partial charge in [-0.3, -0.25) is 19.3 Å². The molecule has 26 heavy (non-hydrogen) atoms. The first-order valence-electron chi connectivity index (χ1n) is 8.20. The number of Topliss-reactive ketones (excluding diaryl/α,β-unsaturated/α-hetero) is 1. The SMILES string of the molecule is CC(=O)c1ccc2c(c1)N(CC(=O)Nc1cc(C)ccn1)C(=O)C(C)O2. The van der Waals surface area contributed by atoms with E-state index in [1.807, 2.05) is 13.0 Å². The van der Waals surface area contributed by atoms with Crippen LogP contribution < -0.4 is 15.0 Å². The van der Waals surface area contributed by atoms with Gasteiger partial charge in [0.05, 0.1) is 5.69 Å². The first-order chi connectivity index (χ1) is 12.3. The standard InChI is InChI=1S/C19H19N3O4/c1-11-6-7-20-17(8-11)21-18(24)10-22-15-9-14(12(2)23)4-5-16(15)26-13(3)19(22)25/h4-9,13H,10H2,1-3H3,(H,20,21,24). The van der Waals surface area contributed by atoms with Crippen molar-refractivity contribution >= 4 is 29.1 Å². The number of pyridine rings is 1. The number of aryl methyl sites for hydroxylation is 1. The third kappa shape index (κ3) is 3.56. The lowest BCUT2D eigenvalue weighted by Gasteiger charge is -2.32. The molecule has 2 aromatic rings. The molecule has 134 valence electrons. The molecule has 7 nitrogen and oxygen atoms in total. The summed E-state index contributed by atoms with van der Waals surface area (Å²) in [5, 5.41) is 2.68. The van der Waals surface area contributed by atoms with Crippen molar-refractivity contribution < 1.29 is 19.1 Å². The zero-order valence-corrected chi connectivity index (χ0v) is 14.8. The Bertz CT molecular complexity index is 894. The topological polar surface area (TPSA) is 88.6 Å². The molecule has 0 aliphatic carbocycles. The highest BCUT2D eigenvalue weighted by molar-refractivity contribution is 6.07. The van der Waals surface area contributed by atoms with Crippen molar-refractivity contribution in [2.24, 2.45) is 0 Å².